The van der Waals surface area contributed by atoms with Crippen molar-refractivity contribution in [2.24, 2.45) is 48.7 Å². The zero-order valence-corrected chi connectivity index (χ0v) is 87.0. The van der Waals surface area contributed by atoms with Gasteiger partial charge in [0.1, 0.15) is 59.4 Å². The number of Topliss-reactive ketones (excluding diaryl/α,β-unsaturated/α-hetero) is 9. The molecule has 0 aromatic heterocycles. The van der Waals surface area contributed by atoms with Crippen LogP contribution in [0, 0.1) is 48.7 Å². The van der Waals surface area contributed by atoms with E-state index in [1.54, 1.807) is 34.6 Å². The maximum Gasteiger partial charge on any atom is 0.305 e. The SMILES string of the molecule is CC(=O)C/C=C/CCCC(C)(C)C.CC(=O)CC(O)C(O)CCCC(C)(C)C.CC(=O)CCC(=O)CCCC(C)(C)C.CC(=O)CCCCC(C)(C)C.CC(=O)CCCCCC(C)(C)C.CC(=O)CCCCCCC(C)(C)C.CC(=O)COCCCCC(C)(C)C.CC(=O)COc1cccc(CC(C)(C)C)c1.CCOC(=O)CCCCCCC(C)(C)C. The lowest BCUT2D eigenvalue weighted by Gasteiger charge is -2.21. The highest BCUT2D eigenvalue weighted by molar-refractivity contribution is 5.84. The molecule has 122 heavy (non-hydrogen) atoms. The van der Waals surface area contributed by atoms with Crippen LogP contribution in [0.5, 0.6) is 5.75 Å². The van der Waals surface area contributed by atoms with Gasteiger partial charge in [-0.05, 0) is 244 Å². The van der Waals surface area contributed by atoms with Crippen molar-refractivity contribution in [3.05, 3.63) is 42.0 Å². The molecule has 1 aromatic rings. The lowest BCUT2D eigenvalue weighted by atomic mass is 9.88. The number of hydrogen-bond donors (Lipinski definition) is 2. The summed E-state index contributed by atoms with van der Waals surface area (Å²) in [5.41, 5.74) is 4.73. The van der Waals surface area contributed by atoms with Crippen molar-refractivity contribution < 1.29 is 72.4 Å². The number of ether oxygens (including phenoxy) is 3. The van der Waals surface area contributed by atoms with Gasteiger partial charge in [-0.15, -0.1) is 0 Å². The van der Waals surface area contributed by atoms with Gasteiger partial charge in [-0.2, -0.15) is 0 Å². The molecule has 2 unspecified atom stereocenters. The molecule has 0 aliphatic heterocycles. The van der Waals surface area contributed by atoms with Crippen LogP contribution in [0.3, 0.4) is 0 Å². The summed E-state index contributed by atoms with van der Waals surface area (Å²) < 4.78 is 15.4. The van der Waals surface area contributed by atoms with Crippen molar-refractivity contribution in [3.8, 4) is 5.75 Å². The normalized spacial score (nSPS) is 12.2. The van der Waals surface area contributed by atoms with Gasteiger partial charge in [-0.1, -0.05) is 282 Å². The van der Waals surface area contributed by atoms with E-state index in [-0.39, 0.29) is 71.1 Å². The number of rotatable bonds is 49. The summed E-state index contributed by atoms with van der Waals surface area (Å²) in [4.78, 5) is 107. The van der Waals surface area contributed by atoms with Crippen molar-refractivity contribution in [2.75, 3.05) is 26.4 Å². The Kier molecular flexibility index (Phi) is 82.9. The van der Waals surface area contributed by atoms with Crippen molar-refractivity contribution in [2.45, 2.75) is 505 Å². The predicted octanol–water partition coefficient (Wildman–Crippen LogP) is 29.5. The minimum Gasteiger partial charge on any atom is -0.486 e. The second-order valence-electron chi connectivity index (χ2n) is 45.4. The first-order chi connectivity index (χ1) is 55.4. The van der Waals surface area contributed by atoms with E-state index in [9.17, 15) is 58.2 Å². The molecule has 0 saturated carbocycles. The van der Waals surface area contributed by atoms with E-state index in [4.69, 9.17) is 14.2 Å². The van der Waals surface area contributed by atoms with Crippen LogP contribution in [0.25, 0.3) is 0 Å². The average Bonchev–Trinajstić information content (AvgIpc) is 0.877. The maximum atomic E-state index is 11.3. The highest BCUT2D eigenvalue weighted by atomic mass is 16.5. The lowest BCUT2D eigenvalue weighted by molar-refractivity contribution is -0.143. The van der Waals surface area contributed by atoms with Gasteiger partial charge in [0.25, 0.3) is 0 Å². The van der Waals surface area contributed by atoms with E-state index in [0.29, 0.717) is 100 Å². The fraction of sp³-hybridized carbons (Fsp3) is 0.832. The van der Waals surface area contributed by atoms with E-state index < -0.39 is 12.2 Å². The Bertz CT molecular complexity index is 2790. The summed E-state index contributed by atoms with van der Waals surface area (Å²) in [6.45, 7) is 76.4. The highest BCUT2D eigenvalue weighted by Crippen LogP contribution is 2.29. The number of hydrogen-bond acceptors (Lipinski definition) is 15. The van der Waals surface area contributed by atoms with Gasteiger partial charge in [0.15, 0.2) is 11.6 Å². The van der Waals surface area contributed by atoms with Gasteiger partial charge in [0.2, 0.25) is 0 Å². The topological polar surface area (TPSA) is 239 Å². The quantitative estimate of drug-likeness (QED) is 0.0350. The van der Waals surface area contributed by atoms with Crippen molar-refractivity contribution in [1.29, 1.82) is 0 Å². The van der Waals surface area contributed by atoms with Gasteiger partial charge >= 0.3 is 5.97 Å². The van der Waals surface area contributed by atoms with Crippen molar-refractivity contribution >= 4 is 58.0 Å². The van der Waals surface area contributed by atoms with Crippen LogP contribution in [0.4, 0.5) is 0 Å². The number of ketones is 9. The zero-order chi connectivity index (χ0) is 96.6. The average molecular weight is 1730 g/mol. The molecule has 1 aromatic carbocycles. The highest BCUT2D eigenvalue weighted by Gasteiger charge is 2.21. The number of aliphatic hydroxyl groups excluding tert-OH is 2. The fourth-order valence-corrected chi connectivity index (χ4v) is 11.6. The molecular formula is C107H202O15. The maximum absolute atomic E-state index is 11.3. The predicted molar refractivity (Wildman–Crippen MR) is 521 cm³/mol. The van der Waals surface area contributed by atoms with Crippen LogP contribution in [0.2, 0.25) is 0 Å². The molecule has 0 fully saturated rings. The Morgan fingerprint density at radius 3 is 1.06 bits per heavy atom. The van der Waals surface area contributed by atoms with Crippen LogP contribution in [0.1, 0.15) is 492 Å². The minimum absolute atomic E-state index is 0.0428. The number of carbonyl (C=O) groups excluding carboxylic acids is 10. The molecule has 15 nitrogen and oxygen atoms in total. The summed E-state index contributed by atoms with van der Waals surface area (Å²) in [5, 5.41) is 19.0. The minimum atomic E-state index is -0.900. The summed E-state index contributed by atoms with van der Waals surface area (Å²) >= 11 is 0. The molecule has 0 bridgehead atoms. The Hall–Kier alpha value is -4.86. The Balaban J connectivity index is -0.000000200. The van der Waals surface area contributed by atoms with Crippen molar-refractivity contribution in [3.63, 3.8) is 0 Å². The van der Waals surface area contributed by atoms with E-state index in [2.05, 4.69) is 199 Å². The zero-order valence-electron chi connectivity index (χ0n) is 87.0. The summed E-state index contributed by atoms with van der Waals surface area (Å²) in [5.74, 6) is 2.34. The Morgan fingerprint density at radius 1 is 0.336 bits per heavy atom. The molecule has 720 valence electrons. The number of unbranched alkanes of at least 4 members (excludes halogenated alkanes) is 11. The van der Waals surface area contributed by atoms with E-state index >= 15 is 0 Å². The largest absolute Gasteiger partial charge is 0.486 e. The first kappa shape index (κ1) is 133. The monoisotopic (exact) mass is 1730 g/mol. The number of carbonyl (C=O) groups is 10. The smallest absolute Gasteiger partial charge is 0.305 e. The van der Waals surface area contributed by atoms with Gasteiger partial charge in [0.05, 0.1) is 18.8 Å². The van der Waals surface area contributed by atoms with Gasteiger partial charge in [0, 0.05) is 64.4 Å². The first-order valence-electron chi connectivity index (χ1n) is 47.4. The summed E-state index contributed by atoms with van der Waals surface area (Å²) in [6.07, 6.45) is 40.3. The third-order valence-corrected chi connectivity index (χ3v) is 18.5. The summed E-state index contributed by atoms with van der Waals surface area (Å²) in [7, 11) is 0. The van der Waals surface area contributed by atoms with E-state index in [1.165, 1.54) is 129 Å². The van der Waals surface area contributed by atoms with Crippen LogP contribution < -0.4 is 4.74 Å². The second-order valence-corrected chi connectivity index (χ2v) is 45.4. The third-order valence-electron chi connectivity index (χ3n) is 18.5. The van der Waals surface area contributed by atoms with Crippen LogP contribution in [-0.4, -0.2) is 107 Å². The Morgan fingerprint density at radius 2 is 0.689 bits per heavy atom. The molecule has 0 saturated heterocycles. The first-order valence-corrected chi connectivity index (χ1v) is 47.4. The number of benzene rings is 1. The van der Waals surface area contributed by atoms with Crippen molar-refractivity contribution in [1.82, 2.24) is 0 Å². The van der Waals surface area contributed by atoms with Gasteiger partial charge < -0.3 is 43.6 Å². The standard InChI is InChI=1S/C14H20O2.C13H26O2.C12H24O3.C12H22O2.C12H24O.C12H22O.C11H22O2.C11H22O.C10H20O/c1-11(15)10-16-13-7-5-6-12(8-13)9-14(2,3)4;1-5-15-12(14)10-8-6-7-9-11-13(2,3)4;1-9(13)8-11(15)10(14)6-5-7-12(2,3)4;1-10(13)7-8-11(14)6-5-9-12(2,3)4;2*1-11(13)9-7-5-6-8-10-12(2,3)4;1-10(12)9-13-8-6-5-7-11(2,3)4;1-10(12)8-6-5-7-9-11(2,3)4;1-9(11)7-5-6-8-10(2,3)4/h5-8H,9-10H2,1-4H3;5-11H2,1-4H3;10-11,14-15H,5-8H2,1-4H3;5-9H2,1-4H3;5-10H2,1-4H3;5,7H,6,8-10H2,1-4H3;5-9H2,1-4H3;5-9H2,1-4H3;5-8H2,1-4H3/b;;;;;7-5+;;;. The van der Waals surface area contributed by atoms with Crippen LogP contribution >= 0.6 is 0 Å². The number of esters is 1. The molecule has 1 rings (SSSR count). The van der Waals surface area contributed by atoms with Crippen LogP contribution in [0.15, 0.2) is 36.4 Å². The van der Waals surface area contributed by atoms with E-state index in [1.807, 2.05) is 31.2 Å². The molecule has 0 radical (unpaired) electrons. The van der Waals surface area contributed by atoms with Crippen LogP contribution in [-0.2, 0) is 63.8 Å². The molecule has 0 aliphatic carbocycles. The molecule has 15 heteroatoms. The molecule has 2 N–H and O–H groups in total. The molecular weight excluding hydrogens is 1530 g/mol. The fourth-order valence-electron chi connectivity index (χ4n) is 11.6. The number of allylic oxidation sites excluding steroid dienone is 2. The molecule has 0 spiro atoms. The third kappa shape index (κ3) is 144. The Labute approximate surface area is 754 Å². The molecule has 0 amide bonds. The number of aliphatic hydroxyl groups is 2. The molecule has 0 aliphatic rings. The summed E-state index contributed by atoms with van der Waals surface area (Å²) in [6, 6.07) is 7.95. The second kappa shape index (κ2) is 76.2. The van der Waals surface area contributed by atoms with E-state index in [0.717, 1.165) is 109 Å². The molecule has 2 atom stereocenters. The lowest BCUT2D eigenvalue weighted by Crippen LogP contribution is -2.28. The van der Waals surface area contributed by atoms with Gasteiger partial charge in [-0.25, -0.2) is 0 Å². The van der Waals surface area contributed by atoms with Gasteiger partial charge in [-0.3, -0.25) is 28.8 Å². The molecule has 0 heterocycles.